The average molecular weight is 341 g/mol. The van der Waals surface area contributed by atoms with Crippen LogP contribution in [-0.4, -0.2) is 90.4 Å². The topological polar surface area (TPSA) is 236 Å². The zero-order chi connectivity index (χ0) is 18.7. The minimum atomic E-state index is -2.25. The summed E-state index contributed by atoms with van der Waals surface area (Å²) in [7, 11) is 0. The van der Waals surface area contributed by atoms with Crippen molar-refractivity contribution in [2.24, 2.45) is 5.73 Å². The number of nitrogens with two attached hydrogens (primary N) is 1. The molecule has 0 amide bonds. The van der Waals surface area contributed by atoms with Crippen molar-refractivity contribution in [2.45, 2.75) is 43.3 Å². The van der Waals surface area contributed by atoms with Gasteiger partial charge in [-0.05, 0) is 6.42 Å². The Hall–Kier alpha value is -2.12. The molecular weight excluding hydrogens is 322 g/mol. The number of hydrogen-bond acceptors (Lipinski definition) is 9. The summed E-state index contributed by atoms with van der Waals surface area (Å²) in [5.41, 5.74) is 5.00. The van der Waals surface area contributed by atoms with Gasteiger partial charge in [-0.2, -0.15) is 0 Å². The number of carboxylic acids is 3. The molecule has 0 fully saturated rings. The Morgan fingerprint density at radius 2 is 1.39 bits per heavy atom. The molecule has 134 valence electrons. The maximum Gasteiger partial charge on any atom is 0.335 e. The zero-order valence-electron chi connectivity index (χ0n) is 11.7. The Balaban J connectivity index is 0. The predicted molar refractivity (Wildman–Crippen MR) is 70.2 cm³/mol. The monoisotopic (exact) mass is 341 g/mol. The van der Waals surface area contributed by atoms with Crippen LogP contribution < -0.4 is 5.73 Å². The largest absolute Gasteiger partial charge is 0.481 e. The van der Waals surface area contributed by atoms with Crippen molar-refractivity contribution in [1.82, 2.24) is 0 Å². The molecule has 0 saturated heterocycles. The molecule has 0 aliphatic heterocycles. The lowest BCUT2D eigenvalue weighted by Gasteiger charge is -2.21. The lowest BCUT2D eigenvalue weighted by Crippen LogP contribution is -2.48. The normalized spacial score (nSPS) is 16.7. The van der Waals surface area contributed by atoms with Crippen LogP contribution in [0.4, 0.5) is 0 Å². The lowest BCUT2D eigenvalue weighted by atomic mass is 10.0. The molecular formula is C11H19NO11. The average Bonchev–Trinajstić information content (AvgIpc) is 2.49. The van der Waals surface area contributed by atoms with E-state index in [0.717, 1.165) is 0 Å². The molecule has 12 heteroatoms. The van der Waals surface area contributed by atoms with E-state index in [1.165, 1.54) is 0 Å². The van der Waals surface area contributed by atoms with Gasteiger partial charge in [-0.25, -0.2) is 4.79 Å². The van der Waals surface area contributed by atoms with Crippen molar-refractivity contribution < 1.29 is 54.9 Å². The molecule has 0 aromatic heterocycles. The van der Waals surface area contributed by atoms with E-state index in [1.807, 2.05) is 0 Å². The zero-order valence-corrected chi connectivity index (χ0v) is 11.7. The fourth-order valence-corrected chi connectivity index (χ4v) is 1.02. The van der Waals surface area contributed by atoms with Crippen LogP contribution in [0.2, 0.25) is 0 Å². The number of aldehydes is 1. The van der Waals surface area contributed by atoms with Gasteiger partial charge in [-0.3, -0.25) is 9.59 Å². The number of aliphatic hydroxyl groups excluding tert-OH is 4. The second-order valence-electron chi connectivity index (χ2n) is 4.27. The summed E-state index contributed by atoms with van der Waals surface area (Å²) < 4.78 is 0. The number of aliphatic carboxylic acids is 3. The number of rotatable bonds is 9. The quantitative estimate of drug-likeness (QED) is 0.187. The fourth-order valence-electron chi connectivity index (χ4n) is 1.02. The van der Waals surface area contributed by atoms with Gasteiger partial charge < -0.3 is 46.3 Å². The number of carbonyl (C=O) groups is 4. The highest BCUT2D eigenvalue weighted by molar-refractivity contribution is 5.74. The summed E-state index contributed by atoms with van der Waals surface area (Å²) in [5, 5.41) is 59.5. The first kappa shape index (κ1) is 23.2. The van der Waals surface area contributed by atoms with Crippen molar-refractivity contribution in [3.8, 4) is 0 Å². The molecule has 23 heavy (non-hydrogen) atoms. The second-order valence-corrected chi connectivity index (χ2v) is 4.27. The van der Waals surface area contributed by atoms with Gasteiger partial charge in [0.2, 0.25) is 0 Å². The molecule has 0 spiro atoms. The van der Waals surface area contributed by atoms with Crippen molar-refractivity contribution in [1.29, 1.82) is 0 Å². The molecule has 0 rings (SSSR count). The molecule has 9 N–H and O–H groups in total. The van der Waals surface area contributed by atoms with E-state index < -0.39 is 48.4 Å². The van der Waals surface area contributed by atoms with Gasteiger partial charge in [0.1, 0.15) is 24.4 Å². The van der Waals surface area contributed by atoms with Crippen LogP contribution in [0.25, 0.3) is 0 Å². The summed E-state index contributed by atoms with van der Waals surface area (Å²) in [6.07, 6.45) is -8.62. The highest BCUT2D eigenvalue weighted by Crippen LogP contribution is 2.03. The summed E-state index contributed by atoms with van der Waals surface area (Å²) >= 11 is 0. The van der Waals surface area contributed by atoms with Gasteiger partial charge in [-0.15, -0.1) is 0 Å². The van der Waals surface area contributed by atoms with E-state index in [0.29, 0.717) is 0 Å². The molecule has 0 aliphatic rings. The smallest absolute Gasteiger partial charge is 0.335 e. The first-order chi connectivity index (χ1) is 10.4. The number of aliphatic hydroxyl groups is 4. The van der Waals surface area contributed by atoms with Crippen molar-refractivity contribution in [3.05, 3.63) is 0 Å². The molecule has 0 aromatic rings. The fraction of sp³-hybridized carbons (Fsp3) is 0.636. The lowest BCUT2D eigenvalue weighted by molar-refractivity contribution is -0.163. The molecule has 0 heterocycles. The van der Waals surface area contributed by atoms with Crippen LogP contribution in [0, 0.1) is 0 Å². The van der Waals surface area contributed by atoms with Crippen LogP contribution in [-0.2, 0) is 19.2 Å². The maximum atomic E-state index is 10.1. The molecule has 0 bridgehead atoms. The minimum Gasteiger partial charge on any atom is -0.481 e. The third kappa shape index (κ3) is 10.3. The molecule has 0 saturated carbocycles. The third-order valence-electron chi connectivity index (χ3n) is 2.40. The van der Waals surface area contributed by atoms with Crippen molar-refractivity contribution >= 4 is 24.2 Å². The Morgan fingerprint density at radius 3 is 1.70 bits per heavy atom. The van der Waals surface area contributed by atoms with Crippen molar-refractivity contribution in [3.63, 3.8) is 0 Å². The third-order valence-corrected chi connectivity index (χ3v) is 2.40. The molecule has 0 aromatic carbocycles. The minimum absolute atomic E-state index is 0.0231. The molecule has 5 unspecified atom stereocenters. The number of hydrogen-bond donors (Lipinski definition) is 8. The first-order valence-electron chi connectivity index (χ1n) is 6.06. The van der Waals surface area contributed by atoms with Gasteiger partial charge >= 0.3 is 17.9 Å². The summed E-state index contributed by atoms with van der Waals surface area (Å²) in [6, 6.07) is -1.06. The highest BCUT2D eigenvalue weighted by Gasteiger charge is 2.34. The predicted octanol–water partition coefficient (Wildman–Crippen LogP) is -4.02. The number of carboxylic acid groups (broad SMARTS) is 3. The number of carbonyl (C=O) groups excluding carboxylic acids is 1. The van der Waals surface area contributed by atoms with E-state index >= 15 is 0 Å². The molecule has 0 aliphatic carbocycles. The summed E-state index contributed by atoms with van der Waals surface area (Å²) in [5.74, 6) is -3.96. The SMILES string of the molecule is NC(CCC(=O)O)C(=O)O.O=CC(O)C(O)C(O)C(O)C(=O)O. The van der Waals surface area contributed by atoms with Gasteiger partial charge in [0.15, 0.2) is 12.4 Å². The van der Waals surface area contributed by atoms with E-state index in [4.69, 9.17) is 41.5 Å². The van der Waals surface area contributed by atoms with Crippen LogP contribution in [0.15, 0.2) is 0 Å². The second kappa shape index (κ2) is 11.4. The summed E-state index contributed by atoms with van der Waals surface area (Å²) in [6.45, 7) is 0. The standard InChI is InChI=1S/C6H10O7.C5H9NO4/c7-1-2(8)3(9)4(10)5(11)6(12)13;6-3(5(9)10)1-2-4(7)8/h1-5,8-11H,(H,12,13);3H,1-2,6H2,(H,7,8)(H,9,10). The van der Waals surface area contributed by atoms with E-state index in [-0.39, 0.29) is 19.1 Å². The van der Waals surface area contributed by atoms with Crippen LogP contribution in [0.3, 0.4) is 0 Å². The van der Waals surface area contributed by atoms with Crippen molar-refractivity contribution in [2.75, 3.05) is 0 Å². The first-order valence-corrected chi connectivity index (χ1v) is 6.06. The Kier molecular flexibility index (Phi) is 11.5. The maximum absolute atomic E-state index is 10.1. The van der Waals surface area contributed by atoms with E-state index in [1.54, 1.807) is 0 Å². The highest BCUT2D eigenvalue weighted by atomic mass is 16.4. The van der Waals surface area contributed by atoms with Gasteiger partial charge in [0, 0.05) is 6.42 Å². The Morgan fingerprint density at radius 1 is 0.913 bits per heavy atom. The van der Waals surface area contributed by atoms with Gasteiger partial charge in [0.05, 0.1) is 0 Å². The van der Waals surface area contributed by atoms with Gasteiger partial charge in [-0.1, -0.05) is 0 Å². The van der Waals surface area contributed by atoms with E-state index in [2.05, 4.69) is 0 Å². The van der Waals surface area contributed by atoms with Crippen LogP contribution >= 0.6 is 0 Å². The van der Waals surface area contributed by atoms with Crippen LogP contribution in [0.1, 0.15) is 12.8 Å². The van der Waals surface area contributed by atoms with Gasteiger partial charge in [0.25, 0.3) is 0 Å². The molecule has 12 nitrogen and oxygen atoms in total. The Labute approximate surface area is 129 Å². The van der Waals surface area contributed by atoms with Crippen LogP contribution in [0.5, 0.6) is 0 Å². The summed E-state index contributed by atoms with van der Waals surface area (Å²) in [4.78, 5) is 39.8. The Bertz CT molecular complexity index is 413. The molecule has 5 atom stereocenters. The van der Waals surface area contributed by atoms with E-state index in [9.17, 15) is 19.2 Å². The molecule has 0 radical (unpaired) electrons.